The van der Waals surface area contributed by atoms with Crippen molar-refractivity contribution >= 4 is 11.8 Å². The van der Waals surface area contributed by atoms with Crippen molar-refractivity contribution in [1.29, 1.82) is 0 Å². The van der Waals surface area contributed by atoms with Crippen molar-refractivity contribution in [1.82, 2.24) is 4.98 Å². The minimum absolute atomic E-state index is 0.0190. The Bertz CT molecular complexity index is 441. The predicted octanol–water partition coefficient (Wildman–Crippen LogP) is 1.27. The molecule has 92 valence electrons. The molecule has 0 bridgehead atoms. The van der Waals surface area contributed by atoms with E-state index in [1.165, 1.54) is 12.1 Å². The SMILES string of the molecule is Cc1cc(C(=O)O)cc(NCC2(CO)CC2)n1. The van der Waals surface area contributed by atoms with Crippen LogP contribution in [-0.2, 0) is 0 Å². The molecule has 1 heterocycles. The molecule has 3 N–H and O–H groups in total. The van der Waals surface area contributed by atoms with Gasteiger partial charge in [-0.2, -0.15) is 0 Å². The van der Waals surface area contributed by atoms with Gasteiger partial charge in [-0.25, -0.2) is 9.78 Å². The molecule has 0 unspecified atom stereocenters. The molecule has 0 aromatic carbocycles. The van der Waals surface area contributed by atoms with Gasteiger partial charge in [0, 0.05) is 17.7 Å². The first kappa shape index (κ1) is 11.9. The number of carbonyl (C=O) groups is 1. The molecule has 17 heavy (non-hydrogen) atoms. The van der Waals surface area contributed by atoms with Gasteiger partial charge in [-0.1, -0.05) is 0 Å². The molecule has 0 saturated heterocycles. The Hall–Kier alpha value is -1.62. The topological polar surface area (TPSA) is 82.5 Å². The standard InChI is InChI=1S/C12H16N2O3/c1-8-4-9(11(16)17)5-10(14-8)13-6-12(7-15)2-3-12/h4-5,15H,2-3,6-7H2,1H3,(H,13,14)(H,16,17). The number of nitrogens with zero attached hydrogens (tertiary/aromatic N) is 1. The van der Waals surface area contributed by atoms with E-state index in [4.69, 9.17) is 5.11 Å². The molecule has 0 atom stereocenters. The Labute approximate surface area is 99.5 Å². The predicted molar refractivity (Wildman–Crippen MR) is 63.2 cm³/mol. The van der Waals surface area contributed by atoms with Gasteiger partial charge in [-0.15, -0.1) is 0 Å². The van der Waals surface area contributed by atoms with E-state index in [9.17, 15) is 9.90 Å². The van der Waals surface area contributed by atoms with E-state index >= 15 is 0 Å². The first-order chi connectivity index (χ1) is 8.04. The molecule has 0 amide bonds. The van der Waals surface area contributed by atoms with Crippen LogP contribution in [-0.4, -0.2) is 34.3 Å². The Morgan fingerprint density at radius 2 is 2.24 bits per heavy atom. The number of aliphatic hydroxyl groups is 1. The van der Waals surface area contributed by atoms with Crippen molar-refractivity contribution < 1.29 is 15.0 Å². The maximum absolute atomic E-state index is 10.9. The van der Waals surface area contributed by atoms with Gasteiger partial charge >= 0.3 is 5.97 Å². The van der Waals surface area contributed by atoms with Gasteiger partial charge in [0.15, 0.2) is 0 Å². The zero-order valence-corrected chi connectivity index (χ0v) is 9.73. The molecule has 5 heteroatoms. The maximum Gasteiger partial charge on any atom is 0.335 e. The molecule has 1 aliphatic carbocycles. The fraction of sp³-hybridized carbons (Fsp3) is 0.500. The summed E-state index contributed by atoms with van der Waals surface area (Å²) in [4.78, 5) is 15.1. The van der Waals surface area contributed by atoms with Crippen LogP contribution in [0, 0.1) is 12.3 Å². The van der Waals surface area contributed by atoms with Crippen LogP contribution >= 0.6 is 0 Å². The summed E-state index contributed by atoms with van der Waals surface area (Å²) in [5.41, 5.74) is 0.879. The number of carboxylic acids is 1. The fourth-order valence-corrected chi connectivity index (χ4v) is 1.73. The van der Waals surface area contributed by atoms with Crippen molar-refractivity contribution in [3.05, 3.63) is 23.4 Å². The molecule has 0 radical (unpaired) electrons. The number of nitrogens with one attached hydrogen (secondary N) is 1. The third-order valence-electron chi connectivity index (χ3n) is 3.14. The van der Waals surface area contributed by atoms with Crippen molar-refractivity contribution in [2.75, 3.05) is 18.5 Å². The van der Waals surface area contributed by atoms with Crippen LogP contribution in [0.4, 0.5) is 5.82 Å². The van der Waals surface area contributed by atoms with Crippen molar-refractivity contribution in [2.24, 2.45) is 5.41 Å². The summed E-state index contributed by atoms with van der Waals surface area (Å²) in [5, 5.41) is 21.2. The fourth-order valence-electron chi connectivity index (χ4n) is 1.73. The molecule has 5 nitrogen and oxygen atoms in total. The highest BCUT2D eigenvalue weighted by Crippen LogP contribution is 2.44. The third-order valence-corrected chi connectivity index (χ3v) is 3.14. The number of hydrogen-bond donors (Lipinski definition) is 3. The second-order valence-corrected chi connectivity index (χ2v) is 4.70. The number of pyridine rings is 1. The van der Waals surface area contributed by atoms with Crippen LogP contribution in [0.3, 0.4) is 0 Å². The van der Waals surface area contributed by atoms with Crippen LogP contribution in [0.5, 0.6) is 0 Å². The average Bonchev–Trinajstić information content (AvgIpc) is 3.06. The van der Waals surface area contributed by atoms with Crippen LogP contribution < -0.4 is 5.32 Å². The Balaban J connectivity index is 2.07. The third kappa shape index (κ3) is 2.74. The minimum Gasteiger partial charge on any atom is -0.478 e. The largest absolute Gasteiger partial charge is 0.478 e. The highest BCUT2D eigenvalue weighted by molar-refractivity contribution is 5.88. The Morgan fingerprint density at radius 3 is 2.76 bits per heavy atom. The lowest BCUT2D eigenvalue weighted by Crippen LogP contribution is -2.19. The maximum atomic E-state index is 10.9. The lowest BCUT2D eigenvalue weighted by Gasteiger charge is -2.13. The summed E-state index contributed by atoms with van der Waals surface area (Å²) in [6, 6.07) is 3.05. The van der Waals surface area contributed by atoms with Crippen LogP contribution in [0.15, 0.2) is 12.1 Å². The second kappa shape index (κ2) is 4.33. The average molecular weight is 236 g/mol. The Morgan fingerprint density at radius 1 is 1.53 bits per heavy atom. The van der Waals surface area contributed by atoms with Crippen molar-refractivity contribution in [2.45, 2.75) is 19.8 Å². The van der Waals surface area contributed by atoms with E-state index in [2.05, 4.69) is 10.3 Å². The number of aliphatic hydroxyl groups excluding tert-OH is 1. The van der Waals surface area contributed by atoms with E-state index in [-0.39, 0.29) is 17.6 Å². The number of hydrogen-bond acceptors (Lipinski definition) is 4. The molecular formula is C12H16N2O3. The van der Waals surface area contributed by atoms with Gasteiger partial charge in [-0.05, 0) is 31.9 Å². The lowest BCUT2D eigenvalue weighted by atomic mass is 10.1. The van der Waals surface area contributed by atoms with Gasteiger partial charge < -0.3 is 15.5 Å². The van der Waals surface area contributed by atoms with Crippen molar-refractivity contribution in [3.63, 3.8) is 0 Å². The molecule has 2 rings (SSSR count). The number of carboxylic acid groups (broad SMARTS) is 1. The van der Waals surface area contributed by atoms with Gasteiger partial charge in [0.05, 0.1) is 12.2 Å². The van der Waals surface area contributed by atoms with Crippen molar-refractivity contribution in [3.8, 4) is 0 Å². The molecule has 1 aromatic rings. The molecular weight excluding hydrogens is 220 g/mol. The summed E-state index contributed by atoms with van der Waals surface area (Å²) in [7, 11) is 0. The van der Waals surface area contributed by atoms with Gasteiger partial charge in [0.1, 0.15) is 5.82 Å². The van der Waals surface area contributed by atoms with E-state index < -0.39 is 5.97 Å². The van der Waals surface area contributed by atoms with E-state index in [0.717, 1.165) is 12.8 Å². The summed E-state index contributed by atoms with van der Waals surface area (Å²) in [6.45, 7) is 2.56. The summed E-state index contributed by atoms with van der Waals surface area (Å²) >= 11 is 0. The van der Waals surface area contributed by atoms with E-state index in [1.54, 1.807) is 6.92 Å². The number of anilines is 1. The molecule has 1 aromatic heterocycles. The lowest BCUT2D eigenvalue weighted by molar-refractivity contribution is 0.0696. The highest BCUT2D eigenvalue weighted by Gasteiger charge is 2.41. The monoisotopic (exact) mass is 236 g/mol. The first-order valence-electron chi connectivity index (χ1n) is 5.61. The number of rotatable bonds is 5. The molecule has 1 saturated carbocycles. The highest BCUT2D eigenvalue weighted by atomic mass is 16.4. The second-order valence-electron chi connectivity index (χ2n) is 4.70. The zero-order valence-electron chi connectivity index (χ0n) is 9.73. The number of aromatic carboxylic acids is 1. The summed E-state index contributed by atoms with van der Waals surface area (Å²) in [5.74, 6) is -0.399. The van der Waals surface area contributed by atoms with Gasteiger partial charge in [0.2, 0.25) is 0 Å². The zero-order chi connectivity index (χ0) is 12.5. The smallest absolute Gasteiger partial charge is 0.335 e. The normalized spacial score (nSPS) is 16.6. The van der Waals surface area contributed by atoms with E-state index in [0.29, 0.717) is 18.1 Å². The Kier molecular flexibility index (Phi) is 3.02. The molecule has 1 aliphatic rings. The van der Waals surface area contributed by atoms with Gasteiger partial charge in [-0.3, -0.25) is 0 Å². The van der Waals surface area contributed by atoms with E-state index in [1.807, 2.05) is 0 Å². The number of aryl methyl sites for hydroxylation is 1. The summed E-state index contributed by atoms with van der Waals surface area (Å²) < 4.78 is 0. The summed E-state index contributed by atoms with van der Waals surface area (Å²) in [6.07, 6.45) is 2.02. The molecule has 0 spiro atoms. The van der Waals surface area contributed by atoms with Crippen LogP contribution in [0.1, 0.15) is 28.9 Å². The quantitative estimate of drug-likeness (QED) is 0.717. The molecule has 1 fully saturated rings. The van der Waals surface area contributed by atoms with Crippen LogP contribution in [0.25, 0.3) is 0 Å². The number of aromatic nitrogens is 1. The minimum atomic E-state index is -0.957. The van der Waals surface area contributed by atoms with Crippen LogP contribution in [0.2, 0.25) is 0 Å². The first-order valence-corrected chi connectivity index (χ1v) is 5.61. The van der Waals surface area contributed by atoms with Gasteiger partial charge in [0.25, 0.3) is 0 Å². The molecule has 0 aliphatic heterocycles.